The van der Waals surface area contributed by atoms with Gasteiger partial charge in [0.25, 0.3) is 10.0 Å². The van der Waals surface area contributed by atoms with Crippen molar-refractivity contribution in [1.29, 1.82) is 0 Å². The molecule has 1 aromatic carbocycles. The van der Waals surface area contributed by atoms with E-state index < -0.39 is 27.5 Å². The third-order valence-electron chi connectivity index (χ3n) is 6.28. The molecule has 14 heteroatoms. The first-order valence-corrected chi connectivity index (χ1v) is 15.3. The number of hydrogen-bond acceptors (Lipinski definition) is 10. The maximum atomic E-state index is 15.1. The molecule has 3 N–H and O–H groups in total. The van der Waals surface area contributed by atoms with Gasteiger partial charge in [0.05, 0.1) is 43.6 Å². The van der Waals surface area contributed by atoms with E-state index in [1.54, 1.807) is 39.1 Å². The topological polar surface area (TPSA) is 144 Å². The molecule has 3 heterocycles. The molecule has 0 atom stereocenters. The summed E-state index contributed by atoms with van der Waals surface area (Å²) >= 11 is 0. The Kier molecular flexibility index (Phi) is 10.4. The highest BCUT2D eigenvalue weighted by atomic mass is 32.2. The monoisotopic (exact) mass is 616 g/mol. The number of alkyl carbamates (subject to hydrolysis) is 1. The molecule has 2 aromatic heterocycles. The first-order valence-electron chi connectivity index (χ1n) is 13.8. The Labute approximate surface area is 251 Å². The van der Waals surface area contributed by atoms with Crippen LogP contribution in [-0.2, 0) is 26.0 Å². The highest BCUT2D eigenvalue weighted by Crippen LogP contribution is 2.30. The van der Waals surface area contributed by atoms with Gasteiger partial charge in [0.1, 0.15) is 11.4 Å². The fourth-order valence-electron chi connectivity index (χ4n) is 4.29. The number of carbonyl (C=O) groups is 1. The van der Waals surface area contributed by atoms with Crippen LogP contribution in [0, 0.1) is 5.82 Å². The Hall–Kier alpha value is -4.01. The van der Waals surface area contributed by atoms with E-state index in [9.17, 15) is 13.2 Å². The smallest absolute Gasteiger partial charge is 0.407 e. The van der Waals surface area contributed by atoms with Gasteiger partial charge in [-0.15, -0.1) is 0 Å². The molecule has 0 bridgehead atoms. The lowest BCUT2D eigenvalue weighted by Crippen LogP contribution is -2.36. The number of morpholine rings is 1. The van der Waals surface area contributed by atoms with Gasteiger partial charge in [-0.05, 0) is 56.7 Å². The summed E-state index contributed by atoms with van der Waals surface area (Å²) < 4.78 is 60.3. The summed E-state index contributed by atoms with van der Waals surface area (Å²) in [6, 6.07) is 9.18. The van der Waals surface area contributed by atoms with E-state index in [-0.39, 0.29) is 27.7 Å². The molecule has 1 saturated heterocycles. The number of carbonyl (C=O) groups excluding carboxylic acids is 1. The van der Waals surface area contributed by atoms with Crippen molar-refractivity contribution >= 4 is 27.5 Å². The first-order chi connectivity index (χ1) is 20.4. The van der Waals surface area contributed by atoms with E-state index in [0.717, 1.165) is 0 Å². The molecular weight excluding hydrogens is 579 g/mol. The summed E-state index contributed by atoms with van der Waals surface area (Å²) in [4.78, 5) is 22.0. The van der Waals surface area contributed by atoms with Crippen molar-refractivity contribution in [3.05, 3.63) is 60.2 Å². The molecule has 12 nitrogen and oxygen atoms in total. The minimum absolute atomic E-state index is 0.0466. The van der Waals surface area contributed by atoms with Gasteiger partial charge >= 0.3 is 6.09 Å². The molecule has 232 valence electrons. The molecule has 43 heavy (non-hydrogen) atoms. The van der Waals surface area contributed by atoms with Crippen molar-refractivity contribution in [2.45, 2.75) is 37.8 Å². The Bertz CT molecular complexity index is 1530. The predicted octanol–water partition coefficient (Wildman–Crippen LogP) is 3.54. The average molecular weight is 617 g/mol. The number of sulfonamides is 1. The standard InChI is InChI=1S/C29H37FN6O6S/c1-29(2,3)42-28(37)33-10-9-31-18-20-5-6-23(24(30)15-20)25-16-21(7-8-32-25)35-43(38,39)26-17-22(19-34-27(26)40-4)36-11-13-41-14-12-36/h5-8,15-17,19,31H,9-14,18H2,1-4H3,(H,32,35)(H,33,37). The van der Waals surface area contributed by atoms with Crippen LogP contribution in [0.2, 0.25) is 0 Å². The van der Waals surface area contributed by atoms with Crippen LogP contribution in [0.1, 0.15) is 26.3 Å². The van der Waals surface area contributed by atoms with E-state index in [0.29, 0.717) is 57.2 Å². The number of nitrogens with zero attached hydrogens (tertiary/aromatic N) is 3. The summed E-state index contributed by atoms with van der Waals surface area (Å²) in [5.41, 5.74) is 1.42. The van der Waals surface area contributed by atoms with E-state index in [1.165, 1.54) is 37.6 Å². The summed E-state index contributed by atoms with van der Waals surface area (Å²) in [7, 11) is -2.77. The summed E-state index contributed by atoms with van der Waals surface area (Å²) in [6.45, 7) is 8.84. The zero-order chi connectivity index (χ0) is 31.0. The maximum Gasteiger partial charge on any atom is 0.407 e. The molecule has 3 aromatic rings. The van der Waals surface area contributed by atoms with Crippen molar-refractivity contribution < 1.29 is 31.8 Å². The van der Waals surface area contributed by atoms with E-state index >= 15 is 4.39 Å². The van der Waals surface area contributed by atoms with Gasteiger partial charge in [0.15, 0.2) is 4.90 Å². The minimum Gasteiger partial charge on any atom is -0.480 e. The van der Waals surface area contributed by atoms with Gasteiger partial charge in [0.2, 0.25) is 5.88 Å². The lowest BCUT2D eigenvalue weighted by molar-refractivity contribution is 0.0528. The Morgan fingerprint density at radius 1 is 1.09 bits per heavy atom. The molecule has 1 fully saturated rings. The first kappa shape index (κ1) is 31.9. The lowest BCUT2D eigenvalue weighted by atomic mass is 10.1. The highest BCUT2D eigenvalue weighted by molar-refractivity contribution is 7.92. The summed E-state index contributed by atoms with van der Waals surface area (Å²) in [5, 5.41) is 5.79. The zero-order valence-electron chi connectivity index (χ0n) is 24.6. The fourth-order valence-corrected chi connectivity index (χ4v) is 5.48. The molecule has 0 spiro atoms. The molecule has 1 aliphatic rings. The zero-order valence-corrected chi connectivity index (χ0v) is 25.5. The number of ether oxygens (including phenoxy) is 3. The van der Waals surface area contributed by atoms with Crippen molar-refractivity contribution in [3.8, 4) is 17.1 Å². The lowest BCUT2D eigenvalue weighted by Gasteiger charge is -2.29. The molecule has 0 unspecified atom stereocenters. The van der Waals surface area contributed by atoms with Crippen LogP contribution in [0.5, 0.6) is 5.88 Å². The SMILES string of the molecule is COc1ncc(N2CCOCC2)cc1S(=O)(=O)Nc1ccnc(-c2ccc(CNCCNC(=O)OC(C)(C)C)cc2F)c1. The van der Waals surface area contributed by atoms with Crippen molar-refractivity contribution in [2.75, 3.05) is 56.1 Å². The molecule has 1 aliphatic heterocycles. The van der Waals surface area contributed by atoms with E-state index in [4.69, 9.17) is 14.2 Å². The van der Waals surface area contributed by atoms with Crippen LogP contribution >= 0.6 is 0 Å². The normalized spacial score (nSPS) is 13.8. The summed E-state index contributed by atoms with van der Waals surface area (Å²) in [5.74, 6) is -0.558. The van der Waals surface area contributed by atoms with Crippen molar-refractivity contribution in [3.63, 3.8) is 0 Å². The highest BCUT2D eigenvalue weighted by Gasteiger charge is 2.24. The number of methoxy groups -OCH3 is 1. The van der Waals surface area contributed by atoms with Gasteiger partial charge in [-0.25, -0.2) is 22.6 Å². The van der Waals surface area contributed by atoms with Gasteiger partial charge in [-0.1, -0.05) is 6.07 Å². The largest absolute Gasteiger partial charge is 0.480 e. The van der Waals surface area contributed by atoms with Crippen LogP contribution in [0.15, 0.2) is 53.7 Å². The van der Waals surface area contributed by atoms with Crippen LogP contribution < -0.4 is 25.0 Å². The number of hydrogen-bond donors (Lipinski definition) is 3. The van der Waals surface area contributed by atoms with Gasteiger partial charge < -0.3 is 29.7 Å². The molecular formula is C29H37FN6O6S. The third kappa shape index (κ3) is 8.99. The number of nitrogens with one attached hydrogen (secondary N) is 3. The molecule has 0 saturated carbocycles. The number of benzene rings is 1. The van der Waals surface area contributed by atoms with Crippen LogP contribution in [0.25, 0.3) is 11.3 Å². The number of anilines is 2. The molecule has 4 rings (SSSR count). The van der Waals surface area contributed by atoms with Gasteiger partial charge in [-0.3, -0.25) is 9.71 Å². The Morgan fingerprint density at radius 3 is 2.56 bits per heavy atom. The average Bonchev–Trinajstić information content (AvgIpc) is 2.96. The van der Waals surface area contributed by atoms with Gasteiger partial charge in [-0.2, -0.15) is 0 Å². The quantitative estimate of drug-likeness (QED) is 0.274. The molecule has 0 aliphatic carbocycles. The number of halogens is 1. The fraction of sp³-hybridized carbons (Fsp3) is 0.414. The number of amides is 1. The van der Waals surface area contributed by atoms with Gasteiger partial charge in [0, 0.05) is 44.5 Å². The predicted molar refractivity (Wildman–Crippen MR) is 160 cm³/mol. The van der Waals surface area contributed by atoms with E-state index in [1.807, 2.05) is 4.90 Å². The second kappa shape index (κ2) is 14.0. The maximum absolute atomic E-state index is 15.1. The second-order valence-corrected chi connectivity index (χ2v) is 12.4. The van der Waals surface area contributed by atoms with Crippen LogP contribution in [0.4, 0.5) is 20.6 Å². The minimum atomic E-state index is -4.12. The van der Waals surface area contributed by atoms with Crippen LogP contribution in [-0.4, -0.2) is 76.6 Å². The number of pyridine rings is 2. The Balaban J connectivity index is 1.41. The number of rotatable bonds is 11. The van der Waals surface area contributed by atoms with Crippen LogP contribution in [0.3, 0.4) is 0 Å². The summed E-state index contributed by atoms with van der Waals surface area (Å²) in [6.07, 6.45) is 2.47. The number of aromatic nitrogens is 2. The molecule has 0 radical (unpaired) electrons. The third-order valence-corrected chi connectivity index (χ3v) is 7.66. The Morgan fingerprint density at radius 2 is 1.86 bits per heavy atom. The second-order valence-electron chi connectivity index (χ2n) is 10.8. The van der Waals surface area contributed by atoms with Crippen molar-refractivity contribution in [2.24, 2.45) is 0 Å². The van der Waals surface area contributed by atoms with E-state index in [2.05, 4.69) is 25.3 Å². The van der Waals surface area contributed by atoms with Crippen molar-refractivity contribution in [1.82, 2.24) is 20.6 Å². The molecule has 1 amide bonds.